The molecule has 0 amide bonds. The Balaban J connectivity index is 2.30. The van der Waals surface area contributed by atoms with Crippen molar-refractivity contribution in [2.45, 2.75) is 39.0 Å². The molecule has 0 N–H and O–H groups in total. The minimum atomic E-state index is -0.373. The van der Waals surface area contributed by atoms with Gasteiger partial charge in [0.2, 0.25) is 0 Å². The fourth-order valence-corrected chi connectivity index (χ4v) is 2.22. The molecule has 1 aliphatic rings. The van der Waals surface area contributed by atoms with E-state index in [1.54, 1.807) is 25.1 Å². The Morgan fingerprint density at radius 1 is 1.24 bits per heavy atom. The minimum absolute atomic E-state index is 0.131. The summed E-state index contributed by atoms with van der Waals surface area (Å²) >= 11 is 0. The van der Waals surface area contributed by atoms with Crippen LogP contribution in [-0.4, -0.2) is 5.78 Å². The van der Waals surface area contributed by atoms with Crippen LogP contribution in [0.5, 0.6) is 0 Å². The molecule has 2 rings (SSSR count). The number of rotatable bonds is 2. The zero-order valence-corrected chi connectivity index (χ0v) is 10.1. The first-order valence-corrected chi connectivity index (χ1v) is 6.19. The van der Waals surface area contributed by atoms with Gasteiger partial charge in [-0.2, -0.15) is 0 Å². The number of carbonyl (C=O) groups is 1. The van der Waals surface area contributed by atoms with Gasteiger partial charge >= 0.3 is 0 Å². The smallest absolute Gasteiger partial charge is 0.191 e. The molecule has 17 heavy (non-hydrogen) atoms. The number of Topliss-reactive ketones (excluding diaryl/α,β-unsaturated/α-hetero) is 1. The Morgan fingerprint density at radius 3 is 2.88 bits per heavy atom. The van der Waals surface area contributed by atoms with Crippen molar-refractivity contribution in [2.24, 2.45) is 0 Å². The number of carbonyl (C=O) groups excluding carboxylic acids is 1. The second kappa shape index (κ2) is 5.26. The normalized spacial score (nSPS) is 16.2. The maximum atomic E-state index is 13.9. The molecule has 1 nitrogen and oxygen atoms in total. The molecule has 1 aromatic rings. The number of benzene rings is 1. The predicted octanol–water partition coefficient (Wildman–Crippen LogP) is 4.21. The van der Waals surface area contributed by atoms with Crippen LogP contribution in [0.1, 0.15) is 48.0 Å². The van der Waals surface area contributed by atoms with Crippen LogP contribution in [-0.2, 0) is 0 Å². The molecule has 0 radical (unpaired) electrons. The first-order chi connectivity index (χ1) is 8.20. The molecule has 0 atom stereocenters. The van der Waals surface area contributed by atoms with Crippen LogP contribution >= 0.6 is 0 Å². The maximum absolute atomic E-state index is 13.9. The summed E-state index contributed by atoms with van der Waals surface area (Å²) in [4.78, 5) is 12.2. The van der Waals surface area contributed by atoms with Gasteiger partial charge in [-0.05, 0) is 49.8 Å². The zero-order valence-electron chi connectivity index (χ0n) is 10.1. The van der Waals surface area contributed by atoms with Crippen molar-refractivity contribution in [3.8, 4) is 0 Å². The minimum Gasteiger partial charge on any atom is -0.289 e. The summed E-state index contributed by atoms with van der Waals surface area (Å²) in [6.07, 6.45) is 7.03. The molecular formula is C15H17FO. The molecule has 0 aliphatic heterocycles. The van der Waals surface area contributed by atoms with Gasteiger partial charge in [0.15, 0.2) is 5.78 Å². The van der Waals surface area contributed by atoms with Gasteiger partial charge in [0.1, 0.15) is 5.82 Å². The molecule has 1 aromatic carbocycles. The average molecular weight is 232 g/mol. The summed E-state index contributed by atoms with van der Waals surface area (Å²) in [6.45, 7) is 1.69. The molecule has 0 unspecified atom stereocenters. The van der Waals surface area contributed by atoms with Crippen molar-refractivity contribution in [3.63, 3.8) is 0 Å². The van der Waals surface area contributed by atoms with Crippen LogP contribution in [0.3, 0.4) is 0 Å². The van der Waals surface area contributed by atoms with E-state index in [2.05, 4.69) is 0 Å². The van der Waals surface area contributed by atoms with Crippen LogP contribution < -0.4 is 0 Å². The van der Waals surface area contributed by atoms with Crippen LogP contribution in [0.15, 0.2) is 29.8 Å². The lowest BCUT2D eigenvalue weighted by atomic mass is 9.98. The summed E-state index contributed by atoms with van der Waals surface area (Å²) in [5.74, 6) is -0.504. The summed E-state index contributed by atoms with van der Waals surface area (Å²) in [5, 5.41) is 0. The molecule has 2 heteroatoms. The third kappa shape index (κ3) is 2.63. The fraction of sp³-hybridized carbons (Fsp3) is 0.400. The average Bonchev–Trinajstić information content (AvgIpc) is 2.60. The first-order valence-electron chi connectivity index (χ1n) is 6.19. The Bertz CT molecular complexity index is 460. The molecule has 90 valence electrons. The van der Waals surface area contributed by atoms with Gasteiger partial charge in [0.05, 0.1) is 5.56 Å². The molecule has 0 aromatic heterocycles. The second-order valence-electron chi connectivity index (χ2n) is 4.59. The van der Waals surface area contributed by atoms with Gasteiger partial charge in [-0.25, -0.2) is 4.39 Å². The van der Waals surface area contributed by atoms with E-state index in [1.165, 1.54) is 0 Å². The van der Waals surface area contributed by atoms with Gasteiger partial charge in [0, 0.05) is 0 Å². The zero-order chi connectivity index (χ0) is 12.3. The molecule has 0 saturated carbocycles. The largest absolute Gasteiger partial charge is 0.289 e. The number of ketones is 1. The van der Waals surface area contributed by atoms with E-state index in [9.17, 15) is 9.18 Å². The van der Waals surface area contributed by atoms with E-state index in [0.717, 1.165) is 37.7 Å². The molecule has 0 spiro atoms. The summed E-state index contributed by atoms with van der Waals surface area (Å²) < 4.78 is 13.9. The van der Waals surface area contributed by atoms with Gasteiger partial charge in [0.25, 0.3) is 0 Å². The van der Waals surface area contributed by atoms with Crippen LogP contribution in [0.25, 0.3) is 0 Å². The van der Waals surface area contributed by atoms with Crippen molar-refractivity contribution in [1.29, 1.82) is 0 Å². The highest BCUT2D eigenvalue weighted by atomic mass is 19.1. The van der Waals surface area contributed by atoms with Gasteiger partial charge in [-0.1, -0.05) is 24.6 Å². The van der Waals surface area contributed by atoms with Crippen LogP contribution in [0.4, 0.5) is 4.39 Å². The van der Waals surface area contributed by atoms with E-state index in [1.807, 2.05) is 6.08 Å². The lowest BCUT2D eigenvalue weighted by Crippen LogP contribution is -2.07. The van der Waals surface area contributed by atoms with E-state index >= 15 is 0 Å². The van der Waals surface area contributed by atoms with Crippen molar-refractivity contribution in [1.82, 2.24) is 0 Å². The lowest BCUT2D eigenvalue weighted by molar-refractivity contribution is 0.102. The molecular weight excluding hydrogens is 215 g/mol. The molecule has 0 bridgehead atoms. The number of hydrogen-bond acceptors (Lipinski definition) is 1. The Kier molecular flexibility index (Phi) is 3.72. The van der Waals surface area contributed by atoms with Crippen molar-refractivity contribution in [3.05, 3.63) is 46.8 Å². The molecule has 0 heterocycles. The molecule has 1 aliphatic carbocycles. The number of aryl methyl sites for hydroxylation is 1. The maximum Gasteiger partial charge on any atom is 0.191 e. The van der Waals surface area contributed by atoms with Crippen molar-refractivity contribution < 1.29 is 9.18 Å². The summed E-state index contributed by atoms with van der Waals surface area (Å²) in [7, 11) is 0. The predicted molar refractivity (Wildman–Crippen MR) is 66.6 cm³/mol. The topological polar surface area (TPSA) is 17.1 Å². The fourth-order valence-electron chi connectivity index (χ4n) is 2.22. The highest BCUT2D eigenvalue weighted by Gasteiger charge is 2.17. The van der Waals surface area contributed by atoms with Gasteiger partial charge in [-0.3, -0.25) is 4.79 Å². The Hall–Kier alpha value is -1.44. The van der Waals surface area contributed by atoms with Crippen molar-refractivity contribution >= 4 is 5.78 Å². The van der Waals surface area contributed by atoms with Crippen molar-refractivity contribution in [2.75, 3.05) is 0 Å². The van der Waals surface area contributed by atoms with E-state index in [-0.39, 0.29) is 17.2 Å². The van der Waals surface area contributed by atoms with E-state index in [4.69, 9.17) is 0 Å². The number of halogens is 1. The highest BCUT2D eigenvalue weighted by molar-refractivity contribution is 6.08. The highest BCUT2D eigenvalue weighted by Crippen LogP contribution is 2.23. The Labute approximate surface area is 101 Å². The lowest BCUT2D eigenvalue weighted by Gasteiger charge is -2.07. The second-order valence-corrected chi connectivity index (χ2v) is 4.59. The third-order valence-electron chi connectivity index (χ3n) is 3.27. The quantitative estimate of drug-likeness (QED) is 0.698. The standard InChI is InChI=1S/C15H17FO/c1-11-7-6-10-13(14(11)16)15(17)12-8-4-2-3-5-9-12/h6-8,10H,2-5,9H2,1H3. The molecule has 0 saturated heterocycles. The SMILES string of the molecule is Cc1cccc(C(=O)C2=CCCCCC2)c1F. The third-order valence-corrected chi connectivity index (χ3v) is 3.27. The van der Waals surface area contributed by atoms with Gasteiger partial charge in [-0.15, -0.1) is 0 Å². The summed E-state index contributed by atoms with van der Waals surface area (Å²) in [6, 6.07) is 5.01. The van der Waals surface area contributed by atoms with Crippen LogP contribution in [0.2, 0.25) is 0 Å². The van der Waals surface area contributed by atoms with Crippen LogP contribution in [0, 0.1) is 12.7 Å². The van der Waals surface area contributed by atoms with E-state index in [0.29, 0.717) is 5.56 Å². The number of allylic oxidation sites excluding steroid dienone is 2. The molecule has 0 fully saturated rings. The summed E-state index contributed by atoms with van der Waals surface area (Å²) in [5.41, 5.74) is 1.54. The monoisotopic (exact) mass is 232 g/mol. The number of hydrogen-bond donors (Lipinski definition) is 0. The first kappa shape index (κ1) is 12.0. The van der Waals surface area contributed by atoms with Gasteiger partial charge < -0.3 is 0 Å². The Morgan fingerprint density at radius 2 is 2.06 bits per heavy atom. The van der Waals surface area contributed by atoms with E-state index < -0.39 is 0 Å².